The number of carbonyl (C=O) groups excluding carboxylic acids is 1. The van der Waals surface area contributed by atoms with Gasteiger partial charge >= 0.3 is 0 Å². The van der Waals surface area contributed by atoms with Crippen LogP contribution in [0.5, 0.6) is 11.5 Å². The molecule has 0 saturated heterocycles. The Hall–Kier alpha value is -3.57. The molecule has 0 aromatic heterocycles. The van der Waals surface area contributed by atoms with Crippen LogP contribution in [0.3, 0.4) is 0 Å². The third kappa shape index (κ3) is 7.46. The Morgan fingerprint density at radius 3 is 2.50 bits per heavy atom. The van der Waals surface area contributed by atoms with Gasteiger partial charge in [0.2, 0.25) is 0 Å². The van der Waals surface area contributed by atoms with E-state index < -0.39 is 5.91 Å². The van der Waals surface area contributed by atoms with Gasteiger partial charge in [0.05, 0.1) is 12.6 Å². The molecule has 0 spiro atoms. The first-order valence-corrected chi connectivity index (χ1v) is 12.8. The molecule has 36 heavy (non-hydrogen) atoms. The summed E-state index contributed by atoms with van der Waals surface area (Å²) in [6.07, 6.45) is 3.91. The van der Waals surface area contributed by atoms with Crippen LogP contribution in [-0.2, 0) is 17.8 Å². The zero-order valence-corrected chi connectivity index (χ0v) is 22.6. The zero-order chi connectivity index (χ0) is 25.9. The summed E-state index contributed by atoms with van der Waals surface area (Å²) >= 11 is 2.27. The fraction of sp³-hybridized carbons (Fsp3) is 0.200. The summed E-state index contributed by atoms with van der Waals surface area (Å²) in [5.41, 5.74) is 3.56. The Morgan fingerprint density at radius 1 is 1.14 bits per heavy atom. The molecule has 0 saturated carbocycles. The topological polar surface area (TPSA) is 71.4 Å². The Morgan fingerprint density at radius 2 is 1.86 bits per heavy atom. The number of nitrogens with one attached hydrogen (secondary N) is 1. The number of amides is 1. The molecule has 0 bridgehead atoms. The fourth-order valence-electron chi connectivity index (χ4n) is 3.65. The highest BCUT2D eigenvalue weighted by molar-refractivity contribution is 14.1. The fourth-order valence-corrected chi connectivity index (χ4v) is 4.01. The highest BCUT2D eigenvalue weighted by Crippen LogP contribution is 2.35. The first-order valence-electron chi connectivity index (χ1n) is 11.7. The minimum atomic E-state index is -0.434. The minimum Gasteiger partial charge on any atom is -0.490 e. The second kappa shape index (κ2) is 13.5. The van der Waals surface area contributed by atoms with E-state index in [9.17, 15) is 10.1 Å². The molecule has 1 atom stereocenters. The van der Waals surface area contributed by atoms with Gasteiger partial charge in [-0.2, -0.15) is 5.26 Å². The number of hydrogen-bond donors (Lipinski definition) is 1. The van der Waals surface area contributed by atoms with Gasteiger partial charge in [-0.15, -0.1) is 6.58 Å². The number of allylic oxidation sites excluding steroid dienone is 1. The predicted octanol–water partition coefficient (Wildman–Crippen LogP) is 6.78. The summed E-state index contributed by atoms with van der Waals surface area (Å²) in [7, 11) is 0. The lowest BCUT2D eigenvalue weighted by molar-refractivity contribution is -0.117. The van der Waals surface area contributed by atoms with Crippen molar-refractivity contribution in [3.05, 3.63) is 111 Å². The second-order valence-electron chi connectivity index (χ2n) is 8.12. The van der Waals surface area contributed by atoms with Crippen molar-refractivity contribution < 1.29 is 14.3 Å². The molecule has 3 rings (SSSR count). The monoisotopic (exact) mass is 592 g/mol. The minimum absolute atomic E-state index is 0.0114. The lowest BCUT2D eigenvalue weighted by Gasteiger charge is -2.17. The molecular weight excluding hydrogens is 563 g/mol. The number of nitrogens with zero attached hydrogens (tertiary/aromatic N) is 1. The number of carbonyl (C=O) groups is 1. The molecule has 6 heteroatoms. The van der Waals surface area contributed by atoms with Crippen LogP contribution in [0.4, 0.5) is 0 Å². The Balaban J connectivity index is 1.89. The van der Waals surface area contributed by atoms with Crippen LogP contribution in [0.1, 0.15) is 42.1 Å². The van der Waals surface area contributed by atoms with Crippen LogP contribution in [0.2, 0.25) is 0 Å². The van der Waals surface area contributed by atoms with Gasteiger partial charge < -0.3 is 14.8 Å². The zero-order valence-electron chi connectivity index (χ0n) is 20.5. The van der Waals surface area contributed by atoms with Crippen molar-refractivity contribution in [1.29, 1.82) is 5.26 Å². The summed E-state index contributed by atoms with van der Waals surface area (Å²) in [4.78, 5) is 12.9. The van der Waals surface area contributed by atoms with E-state index in [1.807, 2.05) is 80.6 Å². The molecule has 0 aliphatic rings. The van der Waals surface area contributed by atoms with Crippen LogP contribution in [0, 0.1) is 14.9 Å². The van der Waals surface area contributed by atoms with Crippen molar-refractivity contribution in [2.75, 3.05) is 6.61 Å². The molecule has 0 unspecified atom stereocenters. The van der Waals surface area contributed by atoms with Crippen molar-refractivity contribution >= 4 is 34.6 Å². The number of rotatable bonds is 11. The van der Waals surface area contributed by atoms with Crippen LogP contribution in [0.15, 0.2) is 85.0 Å². The smallest absolute Gasteiger partial charge is 0.262 e. The molecule has 3 aromatic rings. The van der Waals surface area contributed by atoms with Crippen molar-refractivity contribution in [1.82, 2.24) is 5.32 Å². The van der Waals surface area contributed by atoms with E-state index in [2.05, 4.69) is 34.5 Å². The van der Waals surface area contributed by atoms with Crippen LogP contribution < -0.4 is 14.8 Å². The Labute approximate surface area is 226 Å². The van der Waals surface area contributed by atoms with Gasteiger partial charge in [-0.25, -0.2) is 0 Å². The van der Waals surface area contributed by atoms with Crippen LogP contribution >= 0.6 is 22.6 Å². The normalized spacial score (nSPS) is 11.8. The molecule has 0 radical (unpaired) electrons. The van der Waals surface area contributed by atoms with Crippen molar-refractivity contribution in [2.24, 2.45) is 0 Å². The van der Waals surface area contributed by atoms with E-state index in [1.165, 1.54) is 0 Å². The van der Waals surface area contributed by atoms with E-state index >= 15 is 0 Å². The van der Waals surface area contributed by atoms with Gasteiger partial charge in [-0.05, 0) is 89.9 Å². The molecule has 0 fully saturated rings. The summed E-state index contributed by atoms with van der Waals surface area (Å²) < 4.78 is 13.2. The molecule has 3 aromatic carbocycles. The first-order chi connectivity index (χ1) is 17.4. The van der Waals surface area contributed by atoms with Crippen LogP contribution in [-0.4, -0.2) is 12.5 Å². The molecule has 0 aliphatic heterocycles. The maximum atomic E-state index is 12.9. The SMILES string of the molecule is C=CCc1cc(/C=C(/C#N)C(=O)N[C@@H](C)c2ccccc2)cc(OCC)c1OCc1ccc(I)cc1. The number of hydrogen-bond acceptors (Lipinski definition) is 4. The van der Waals surface area contributed by atoms with Crippen molar-refractivity contribution in [2.45, 2.75) is 32.9 Å². The largest absolute Gasteiger partial charge is 0.490 e. The molecule has 184 valence electrons. The lowest BCUT2D eigenvalue weighted by atomic mass is 10.0. The number of nitriles is 1. The van der Waals surface area contributed by atoms with Crippen molar-refractivity contribution in [3.8, 4) is 17.6 Å². The van der Waals surface area contributed by atoms with E-state index in [-0.39, 0.29) is 11.6 Å². The summed E-state index contributed by atoms with van der Waals surface area (Å²) in [5, 5.41) is 12.6. The molecule has 1 N–H and O–H groups in total. The van der Waals surface area contributed by atoms with E-state index in [0.29, 0.717) is 36.7 Å². The van der Waals surface area contributed by atoms with Gasteiger partial charge in [0.1, 0.15) is 18.2 Å². The van der Waals surface area contributed by atoms with Gasteiger partial charge in [-0.1, -0.05) is 48.5 Å². The van der Waals surface area contributed by atoms with Crippen molar-refractivity contribution in [3.63, 3.8) is 0 Å². The van der Waals surface area contributed by atoms with Gasteiger partial charge in [0, 0.05) is 9.13 Å². The summed E-state index contributed by atoms with van der Waals surface area (Å²) in [5.74, 6) is 0.758. The van der Waals surface area contributed by atoms with Gasteiger partial charge in [-0.3, -0.25) is 4.79 Å². The van der Waals surface area contributed by atoms with Gasteiger partial charge in [0.25, 0.3) is 5.91 Å². The Kier molecular flexibility index (Phi) is 10.1. The summed E-state index contributed by atoms with van der Waals surface area (Å²) in [6.45, 7) is 8.49. The highest BCUT2D eigenvalue weighted by Gasteiger charge is 2.17. The average Bonchev–Trinajstić information content (AvgIpc) is 2.88. The highest BCUT2D eigenvalue weighted by atomic mass is 127. The molecule has 0 heterocycles. The van der Waals surface area contributed by atoms with E-state index in [1.54, 1.807) is 18.2 Å². The third-order valence-corrected chi connectivity index (χ3v) is 6.16. The summed E-state index contributed by atoms with van der Waals surface area (Å²) in [6, 6.07) is 23.2. The quantitative estimate of drug-likeness (QED) is 0.115. The number of benzene rings is 3. The third-order valence-electron chi connectivity index (χ3n) is 5.44. The maximum Gasteiger partial charge on any atom is 0.262 e. The second-order valence-corrected chi connectivity index (χ2v) is 9.37. The van der Waals surface area contributed by atoms with E-state index in [4.69, 9.17) is 9.47 Å². The predicted molar refractivity (Wildman–Crippen MR) is 152 cm³/mol. The Bertz CT molecular complexity index is 1260. The van der Waals surface area contributed by atoms with Gasteiger partial charge in [0.15, 0.2) is 11.5 Å². The van der Waals surface area contributed by atoms with E-state index in [0.717, 1.165) is 20.3 Å². The maximum absolute atomic E-state index is 12.9. The number of halogens is 1. The standard InChI is InChI=1S/C30H29IN2O3/c1-4-9-25-16-23(17-26(19-32)30(34)33-21(3)24-10-7-6-8-11-24)18-28(35-5-2)29(25)36-20-22-12-14-27(31)15-13-22/h4,6-8,10-18,21H,1,5,9,20H2,2-3H3,(H,33,34)/b26-17-/t21-/m0/s1. The molecule has 0 aliphatic carbocycles. The first kappa shape index (κ1) is 27.0. The average molecular weight is 592 g/mol. The molecule has 1 amide bonds. The van der Waals surface area contributed by atoms with Crippen LogP contribution in [0.25, 0.3) is 6.08 Å². The molecule has 5 nitrogen and oxygen atoms in total. The number of ether oxygens (including phenoxy) is 2. The lowest BCUT2D eigenvalue weighted by Crippen LogP contribution is -2.27. The molecular formula is C30H29IN2O3.